The van der Waals surface area contributed by atoms with Crippen molar-refractivity contribution in [2.24, 2.45) is 0 Å². The van der Waals surface area contributed by atoms with Gasteiger partial charge in [-0.3, -0.25) is 4.79 Å². The first kappa shape index (κ1) is 12.6. The van der Waals surface area contributed by atoms with E-state index in [2.05, 4.69) is 4.90 Å². The summed E-state index contributed by atoms with van der Waals surface area (Å²) in [7, 11) is 0. The molecule has 1 saturated carbocycles. The second-order valence-corrected chi connectivity index (χ2v) is 5.32. The number of ether oxygens (including phenoxy) is 1. The molecule has 1 aliphatic heterocycles. The highest BCUT2D eigenvalue weighted by molar-refractivity contribution is 5.94. The van der Waals surface area contributed by atoms with Crippen LogP contribution in [0.1, 0.15) is 36.5 Å². The van der Waals surface area contributed by atoms with E-state index >= 15 is 0 Å². The van der Waals surface area contributed by atoms with Crippen molar-refractivity contribution in [2.75, 3.05) is 18.1 Å². The van der Waals surface area contributed by atoms with Gasteiger partial charge in [-0.2, -0.15) is 0 Å². The maximum atomic E-state index is 14.2. The van der Waals surface area contributed by atoms with Gasteiger partial charge in [0.2, 0.25) is 0 Å². The summed E-state index contributed by atoms with van der Waals surface area (Å²) in [5.41, 5.74) is 1.03. The molecule has 1 aromatic carbocycles. The highest BCUT2D eigenvalue weighted by atomic mass is 19.1. The molecule has 1 aromatic rings. The number of benzene rings is 1. The van der Waals surface area contributed by atoms with Crippen molar-refractivity contribution in [1.29, 1.82) is 0 Å². The standard InChI is InChI=1S/C15H18FNO2/c1-10(18)11-5-6-13(12(16)9-11)17-7-8-19-15-4-2-3-14(15)17/h5-6,9,14-15H,2-4,7-8H2,1H3. The molecule has 0 bridgehead atoms. The lowest BCUT2D eigenvalue weighted by Crippen LogP contribution is -2.49. The van der Waals surface area contributed by atoms with Gasteiger partial charge in [0.15, 0.2) is 5.78 Å². The average Bonchev–Trinajstić information content (AvgIpc) is 2.86. The van der Waals surface area contributed by atoms with Gasteiger partial charge in [-0.15, -0.1) is 0 Å². The van der Waals surface area contributed by atoms with Crippen molar-refractivity contribution < 1.29 is 13.9 Å². The fourth-order valence-corrected chi connectivity index (χ4v) is 3.18. The molecular weight excluding hydrogens is 245 g/mol. The van der Waals surface area contributed by atoms with Gasteiger partial charge in [0, 0.05) is 12.1 Å². The van der Waals surface area contributed by atoms with E-state index in [-0.39, 0.29) is 23.7 Å². The van der Waals surface area contributed by atoms with Crippen LogP contribution in [0.5, 0.6) is 0 Å². The van der Waals surface area contributed by atoms with Crippen molar-refractivity contribution in [1.82, 2.24) is 0 Å². The molecule has 1 heterocycles. The molecular formula is C15H18FNO2. The lowest BCUT2D eigenvalue weighted by atomic mass is 10.1. The zero-order valence-electron chi connectivity index (χ0n) is 11.1. The van der Waals surface area contributed by atoms with E-state index < -0.39 is 0 Å². The monoisotopic (exact) mass is 263 g/mol. The van der Waals surface area contributed by atoms with Crippen molar-refractivity contribution in [3.63, 3.8) is 0 Å². The molecule has 0 spiro atoms. The molecule has 3 rings (SSSR count). The van der Waals surface area contributed by atoms with Gasteiger partial charge in [0.1, 0.15) is 5.82 Å². The molecule has 2 atom stereocenters. The van der Waals surface area contributed by atoms with Crippen LogP contribution in [-0.4, -0.2) is 31.1 Å². The SMILES string of the molecule is CC(=O)c1ccc(N2CCOC3CCCC32)c(F)c1. The van der Waals surface area contributed by atoms with E-state index in [9.17, 15) is 9.18 Å². The molecule has 2 aliphatic rings. The predicted molar refractivity (Wildman–Crippen MR) is 71.1 cm³/mol. The van der Waals surface area contributed by atoms with Crippen LogP contribution in [0, 0.1) is 5.82 Å². The molecule has 0 N–H and O–H groups in total. The normalized spacial score (nSPS) is 26.3. The summed E-state index contributed by atoms with van der Waals surface area (Å²) >= 11 is 0. The Hall–Kier alpha value is -1.42. The molecule has 19 heavy (non-hydrogen) atoms. The molecule has 2 unspecified atom stereocenters. The van der Waals surface area contributed by atoms with Crippen LogP contribution >= 0.6 is 0 Å². The zero-order chi connectivity index (χ0) is 13.4. The van der Waals surface area contributed by atoms with Crippen LogP contribution in [0.15, 0.2) is 18.2 Å². The topological polar surface area (TPSA) is 29.5 Å². The molecule has 2 fully saturated rings. The largest absolute Gasteiger partial charge is 0.374 e. The molecule has 102 valence electrons. The predicted octanol–water partition coefficient (Wildman–Crippen LogP) is 2.79. The maximum Gasteiger partial charge on any atom is 0.159 e. The van der Waals surface area contributed by atoms with E-state index in [1.54, 1.807) is 12.1 Å². The summed E-state index contributed by atoms with van der Waals surface area (Å²) in [5, 5.41) is 0. The second-order valence-electron chi connectivity index (χ2n) is 5.32. The highest BCUT2D eigenvalue weighted by Gasteiger charge is 2.36. The van der Waals surface area contributed by atoms with Gasteiger partial charge >= 0.3 is 0 Å². The van der Waals surface area contributed by atoms with Crippen LogP contribution in [0.4, 0.5) is 10.1 Å². The van der Waals surface area contributed by atoms with Gasteiger partial charge in [0.05, 0.1) is 24.4 Å². The van der Waals surface area contributed by atoms with Crippen LogP contribution < -0.4 is 4.90 Å². The number of hydrogen-bond acceptors (Lipinski definition) is 3. The van der Waals surface area contributed by atoms with Crippen molar-refractivity contribution in [3.8, 4) is 0 Å². The molecule has 0 amide bonds. The fraction of sp³-hybridized carbons (Fsp3) is 0.533. The summed E-state index contributed by atoms with van der Waals surface area (Å²) in [6.45, 7) is 2.82. The Bertz CT molecular complexity index is 503. The summed E-state index contributed by atoms with van der Waals surface area (Å²) in [4.78, 5) is 13.4. The zero-order valence-corrected chi connectivity index (χ0v) is 11.1. The quantitative estimate of drug-likeness (QED) is 0.768. The highest BCUT2D eigenvalue weighted by Crippen LogP contribution is 2.34. The van der Waals surface area contributed by atoms with Gasteiger partial charge in [-0.25, -0.2) is 4.39 Å². The molecule has 0 aromatic heterocycles. The molecule has 1 saturated heterocycles. The number of halogens is 1. The third-order valence-electron chi connectivity index (χ3n) is 4.15. The van der Waals surface area contributed by atoms with E-state index in [1.165, 1.54) is 13.0 Å². The third-order valence-corrected chi connectivity index (χ3v) is 4.15. The van der Waals surface area contributed by atoms with Crippen LogP contribution in [0.25, 0.3) is 0 Å². The van der Waals surface area contributed by atoms with Crippen LogP contribution in [-0.2, 0) is 4.74 Å². The minimum absolute atomic E-state index is 0.105. The first-order valence-electron chi connectivity index (χ1n) is 6.85. The number of anilines is 1. The Balaban J connectivity index is 1.90. The first-order chi connectivity index (χ1) is 9.16. The molecule has 3 nitrogen and oxygen atoms in total. The smallest absolute Gasteiger partial charge is 0.159 e. The molecule has 4 heteroatoms. The number of morpholine rings is 1. The number of carbonyl (C=O) groups is 1. The van der Waals surface area contributed by atoms with Gasteiger partial charge in [-0.05, 0) is 44.4 Å². The Labute approximate surface area is 112 Å². The average molecular weight is 263 g/mol. The molecule has 0 radical (unpaired) electrons. The van der Waals surface area contributed by atoms with Crippen molar-refractivity contribution in [2.45, 2.75) is 38.3 Å². The maximum absolute atomic E-state index is 14.2. The van der Waals surface area contributed by atoms with Crippen molar-refractivity contribution in [3.05, 3.63) is 29.6 Å². The summed E-state index contributed by atoms with van der Waals surface area (Å²) in [6.07, 6.45) is 3.49. The van der Waals surface area contributed by atoms with E-state index in [0.29, 0.717) is 17.9 Å². The fourth-order valence-electron chi connectivity index (χ4n) is 3.18. The lowest BCUT2D eigenvalue weighted by molar-refractivity contribution is 0.0254. The van der Waals surface area contributed by atoms with Gasteiger partial charge < -0.3 is 9.64 Å². The second kappa shape index (κ2) is 4.93. The Kier molecular flexibility index (Phi) is 3.27. The summed E-state index contributed by atoms with van der Waals surface area (Å²) in [5.74, 6) is -0.411. The van der Waals surface area contributed by atoms with Crippen molar-refractivity contribution >= 4 is 11.5 Å². The number of rotatable bonds is 2. The Morgan fingerprint density at radius 1 is 1.42 bits per heavy atom. The minimum atomic E-state index is -0.305. The number of hydrogen-bond donors (Lipinski definition) is 0. The van der Waals surface area contributed by atoms with Crippen LogP contribution in [0.2, 0.25) is 0 Å². The first-order valence-corrected chi connectivity index (χ1v) is 6.85. The summed E-state index contributed by atoms with van der Waals surface area (Å²) in [6, 6.07) is 5.07. The van der Waals surface area contributed by atoms with Gasteiger partial charge in [-0.1, -0.05) is 0 Å². The summed E-state index contributed by atoms with van der Waals surface area (Å²) < 4.78 is 20.0. The number of Topliss-reactive ketones (excluding diaryl/α,β-unsaturated/α-hetero) is 1. The minimum Gasteiger partial charge on any atom is -0.374 e. The number of nitrogens with zero attached hydrogens (tertiary/aromatic N) is 1. The van der Waals surface area contributed by atoms with E-state index in [0.717, 1.165) is 25.8 Å². The number of fused-ring (bicyclic) bond motifs is 1. The Morgan fingerprint density at radius 3 is 3.00 bits per heavy atom. The third kappa shape index (κ3) is 2.25. The molecule has 1 aliphatic carbocycles. The van der Waals surface area contributed by atoms with E-state index in [4.69, 9.17) is 4.74 Å². The van der Waals surface area contributed by atoms with Gasteiger partial charge in [0.25, 0.3) is 0 Å². The lowest BCUT2D eigenvalue weighted by Gasteiger charge is -2.39. The van der Waals surface area contributed by atoms with Crippen LogP contribution in [0.3, 0.4) is 0 Å². The number of carbonyl (C=O) groups excluding carboxylic acids is 1. The van der Waals surface area contributed by atoms with E-state index in [1.807, 2.05) is 0 Å². The Morgan fingerprint density at radius 2 is 2.26 bits per heavy atom. The number of ketones is 1.